The van der Waals surface area contributed by atoms with Crippen LogP contribution in [0.15, 0.2) is 65.3 Å². The van der Waals surface area contributed by atoms with Crippen LogP contribution in [0.5, 0.6) is 11.5 Å². The Morgan fingerprint density at radius 1 is 1.00 bits per heavy atom. The molecular weight excluding hydrogens is 464 g/mol. The molecule has 178 valence electrons. The molecule has 2 aromatic carbocycles. The van der Waals surface area contributed by atoms with E-state index in [1.807, 2.05) is 30.3 Å². The average molecular weight is 487 g/mol. The summed E-state index contributed by atoms with van der Waals surface area (Å²) in [4.78, 5) is 37.6. The SMILES string of the molecule is COc1cc(OC)c(NC(=O)COC(=O)[C@H](Cc2ccccc2)NC(=O)c2ccco2)cc1Cl. The minimum absolute atomic E-state index is 0.0482. The molecule has 0 saturated heterocycles. The van der Waals surface area contributed by atoms with Crippen LogP contribution in [0.4, 0.5) is 5.69 Å². The number of hydrogen-bond donors (Lipinski definition) is 2. The van der Waals surface area contributed by atoms with E-state index in [0.717, 1.165) is 5.56 Å². The van der Waals surface area contributed by atoms with Crippen molar-refractivity contribution in [3.8, 4) is 11.5 Å². The molecule has 0 fully saturated rings. The number of amides is 2. The minimum atomic E-state index is -1.04. The van der Waals surface area contributed by atoms with Crippen molar-refractivity contribution in [2.24, 2.45) is 0 Å². The Labute approximate surface area is 200 Å². The Morgan fingerprint density at radius 3 is 2.38 bits per heavy atom. The van der Waals surface area contributed by atoms with Gasteiger partial charge >= 0.3 is 5.97 Å². The van der Waals surface area contributed by atoms with Crippen LogP contribution < -0.4 is 20.1 Å². The molecule has 0 saturated carbocycles. The number of carbonyl (C=O) groups is 3. The van der Waals surface area contributed by atoms with Crippen molar-refractivity contribution in [2.45, 2.75) is 12.5 Å². The molecule has 2 N–H and O–H groups in total. The van der Waals surface area contributed by atoms with Crippen molar-refractivity contribution in [1.82, 2.24) is 5.32 Å². The molecule has 0 spiro atoms. The van der Waals surface area contributed by atoms with Crippen molar-refractivity contribution >= 4 is 35.1 Å². The molecule has 3 rings (SSSR count). The van der Waals surface area contributed by atoms with E-state index in [-0.39, 0.29) is 22.9 Å². The van der Waals surface area contributed by atoms with Gasteiger partial charge in [0.2, 0.25) is 0 Å². The number of furan rings is 1. The molecule has 0 aliphatic carbocycles. The lowest BCUT2D eigenvalue weighted by molar-refractivity contribution is -0.149. The van der Waals surface area contributed by atoms with E-state index in [1.165, 1.54) is 38.7 Å². The van der Waals surface area contributed by atoms with Crippen LogP contribution in [0.25, 0.3) is 0 Å². The predicted octanol–water partition coefficient (Wildman–Crippen LogP) is 3.47. The molecule has 0 aliphatic rings. The first-order valence-corrected chi connectivity index (χ1v) is 10.6. The van der Waals surface area contributed by atoms with E-state index >= 15 is 0 Å². The van der Waals surface area contributed by atoms with Gasteiger partial charge in [-0.1, -0.05) is 41.9 Å². The Kier molecular flexibility index (Phi) is 8.53. The second-order valence-corrected chi connectivity index (χ2v) is 7.44. The third-order valence-electron chi connectivity index (χ3n) is 4.71. The van der Waals surface area contributed by atoms with Crippen LogP contribution in [0.1, 0.15) is 16.1 Å². The van der Waals surface area contributed by atoms with E-state index in [9.17, 15) is 14.4 Å². The zero-order chi connectivity index (χ0) is 24.5. The summed E-state index contributed by atoms with van der Waals surface area (Å²) in [5.41, 5.74) is 1.08. The molecule has 1 aromatic heterocycles. The summed E-state index contributed by atoms with van der Waals surface area (Å²) in [5.74, 6) is -1.24. The summed E-state index contributed by atoms with van der Waals surface area (Å²) in [7, 11) is 2.88. The zero-order valence-electron chi connectivity index (χ0n) is 18.5. The highest BCUT2D eigenvalue weighted by Crippen LogP contribution is 2.35. The first-order valence-electron chi connectivity index (χ1n) is 10.2. The maximum absolute atomic E-state index is 12.8. The third-order valence-corrected chi connectivity index (χ3v) is 5.01. The molecule has 0 unspecified atom stereocenters. The van der Waals surface area contributed by atoms with Gasteiger partial charge in [-0.3, -0.25) is 9.59 Å². The highest BCUT2D eigenvalue weighted by Gasteiger charge is 2.25. The summed E-state index contributed by atoms with van der Waals surface area (Å²) in [5, 5.41) is 5.43. The Hall–Kier alpha value is -3.98. The Bertz CT molecular complexity index is 1130. The first kappa shape index (κ1) is 24.7. The van der Waals surface area contributed by atoms with Gasteiger partial charge in [0.1, 0.15) is 17.5 Å². The van der Waals surface area contributed by atoms with Crippen LogP contribution >= 0.6 is 11.6 Å². The number of carbonyl (C=O) groups excluding carboxylic acids is 3. The van der Waals surface area contributed by atoms with Gasteiger partial charge < -0.3 is 29.3 Å². The maximum atomic E-state index is 12.8. The lowest BCUT2D eigenvalue weighted by atomic mass is 10.1. The average Bonchev–Trinajstić information content (AvgIpc) is 3.38. The van der Waals surface area contributed by atoms with Crippen LogP contribution in [0, 0.1) is 0 Å². The fourth-order valence-corrected chi connectivity index (χ4v) is 3.30. The number of rotatable bonds is 10. The molecule has 9 nitrogen and oxygen atoms in total. The second kappa shape index (κ2) is 11.8. The molecule has 10 heteroatoms. The van der Waals surface area contributed by atoms with E-state index in [1.54, 1.807) is 6.07 Å². The number of nitrogens with one attached hydrogen (secondary N) is 2. The van der Waals surface area contributed by atoms with E-state index in [4.69, 9.17) is 30.2 Å². The zero-order valence-corrected chi connectivity index (χ0v) is 19.3. The smallest absolute Gasteiger partial charge is 0.329 e. The molecule has 0 radical (unpaired) electrons. The minimum Gasteiger partial charge on any atom is -0.495 e. The summed E-state index contributed by atoms with van der Waals surface area (Å²) < 4.78 is 20.6. The summed E-state index contributed by atoms with van der Waals surface area (Å²) >= 11 is 6.11. The van der Waals surface area contributed by atoms with Gasteiger partial charge in [0, 0.05) is 12.5 Å². The normalized spacial score (nSPS) is 11.3. The van der Waals surface area contributed by atoms with Gasteiger partial charge in [-0.25, -0.2) is 4.79 Å². The molecule has 3 aromatic rings. The van der Waals surface area contributed by atoms with Crippen LogP contribution in [0.2, 0.25) is 5.02 Å². The number of methoxy groups -OCH3 is 2. The van der Waals surface area contributed by atoms with E-state index in [0.29, 0.717) is 11.5 Å². The lowest BCUT2D eigenvalue weighted by Gasteiger charge is -2.18. The predicted molar refractivity (Wildman–Crippen MR) is 124 cm³/mol. The molecule has 1 heterocycles. The number of anilines is 1. The third kappa shape index (κ3) is 6.52. The topological polar surface area (TPSA) is 116 Å². The van der Waals surface area contributed by atoms with Crippen molar-refractivity contribution in [3.63, 3.8) is 0 Å². The molecule has 2 amide bonds. The van der Waals surface area contributed by atoms with Gasteiger partial charge in [-0.05, 0) is 23.8 Å². The molecule has 34 heavy (non-hydrogen) atoms. The fraction of sp³-hybridized carbons (Fsp3) is 0.208. The fourth-order valence-electron chi connectivity index (χ4n) is 3.06. The van der Waals surface area contributed by atoms with Crippen molar-refractivity contribution in [2.75, 3.05) is 26.1 Å². The van der Waals surface area contributed by atoms with Crippen molar-refractivity contribution < 1.29 is 33.0 Å². The van der Waals surface area contributed by atoms with Gasteiger partial charge in [-0.15, -0.1) is 0 Å². The van der Waals surface area contributed by atoms with E-state index < -0.39 is 30.4 Å². The number of benzene rings is 2. The Balaban J connectivity index is 1.65. The van der Waals surface area contributed by atoms with Gasteiger partial charge in [0.15, 0.2) is 12.4 Å². The highest BCUT2D eigenvalue weighted by atomic mass is 35.5. The maximum Gasteiger partial charge on any atom is 0.329 e. The second-order valence-electron chi connectivity index (χ2n) is 7.04. The van der Waals surface area contributed by atoms with Crippen LogP contribution in [0.3, 0.4) is 0 Å². The van der Waals surface area contributed by atoms with Crippen LogP contribution in [-0.4, -0.2) is 44.7 Å². The molecule has 0 aliphatic heterocycles. The first-order chi connectivity index (χ1) is 16.4. The molecule has 1 atom stereocenters. The summed E-state index contributed by atoms with van der Waals surface area (Å²) in [6.07, 6.45) is 1.51. The number of hydrogen-bond acceptors (Lipinski definition) is 7. The largest absolute Gasteiger partial charge is 0.495 e. The molecular formula is C24H23ClN2O7. The monoisotopic (exact) mass is 486 g/mol. The van der Waals surface area contributed by atoms with Crippen molar-refractivity contribution in [3.05, 3.63) is 77.2 Å². The number of halogens is 1. The number of ether oxygens (including phenoxy) is 3. The van der Waals surface area contributed by atoms with Gasteiger partial charge in [0.25, 0.3) is 11.8 Å². The standard InChI is InChI=1S/C24H23ClN2O7/c1-31-20-13-21(32-2)17(12-16(20)25)26-22(28)14-34-24(30)18(11-15-7-4-3-5-8-15)27-23(29)19-9-6-10-33-19/h3-10,12-13,18H,11,14H2,1-2H3,(H,26,28)(H,27,29)/t18-/m0/s1. The summed E-state index contributed by atoms with van der Waals surface area (Å²) in [6, 6.07) is 14.0. The van der Waals surface area contributed by atoms with Crippen molar-refractivity contribution in [1.29, 1.82) is 0 Å². The quantitative estimate of drug-likeness (QED) is 0.421. The highest BCUT2D eigenvalue weighted by molar-refractivity contribution is 6.32. The lowest BCUT2D eigenvalue weighted by Crippen LogP contribution is -2.44. The van der Waals surface area contributed by atoms with Crippen LogP contribution in [-0.2, 0) is 20.7 Å². The number of esters is 1. The van der Waals surface area contributed by atoms with Gasteiger partial charge in [-0.2, -0.15) is 0 Å². The van der Waals surface area contributed by atoms with Gasteiger partial charge in [0.05, 0.1) is 31.2 Å². The Morgan fingerprint density at radius 2 is 1.74 bits per heavy atom. The molecule has 0 bridgehead atoms. The van der Waals surface area contributed by atoms with E-state index in [2.05, 4.69) is 10.6 Å². The summed E-state index contributed by atoms with van der Waals surface area (Å²) in [6.45, 7) is -0.590.